The van der Waals surface area contributed by atoms with E-state index in [1.807, 2.05) is 6.07 Å². The lowest BCUT2D eigenvalue weighted by atomic mass is 9.95. The maximum atomic E-state index is 15.0. The van der Waals surface area contributed by atoms with Gasteiger partial charge in [-0.05, 0) is 64.1 Å². The number of carbonyl (C=O) groups is 13. The minimum atomic E-state index is -1.65. The number of amides is 4. The molecule has 0 aromatic heterocycles. The second kappa shape index (κ2) is 51.3. The van der Waals surface area contributed by atoms with Gasteiger partial charge in [-0.2, -0.15) is 0 Å². The zero-order chi connectivity index (χ0) is 91.5. The number of benzene rings is 5. The zero-order valence-corrected chi connectivity index (χ0v) is 73.4. The van der Waals surface area contributed by atoms with E-state index in [0.717, 1.165) is 61.7 Å². The van der Waals surface area contributed by atoms with Gasteiger partial charge < -0.3 is 115 Å². The highest BCUT2D eigenvalue weighted by molar-refractivity contribution is 6.20. The van der Waals surface area contributed by atoms with Gasteiger partial charge in [0.25, 0.3) is 11.8 Å². The van der Waals surface area contributed by atoms with E-state index in [4.69, 9.17) is 113 Å². The van der Waals surface area contributed by atoms with Crippen LogP contribution in [0.2, 0.25) is 0 Å². The van der Waals surface area contributed by atoms with E-state index in [9.17, 15) is 57.5 Å². The Morgan fingerprint density at radius 2 is 0.811 bits per heavy atom. The van der Waals surface area contributed by atoms with Crippen LogP contribution in [-0.4, -0.2) is 276 Å². The van der Waals surface area contributed by atoms with E-state index in [2.05, 4.69) is 10.6 Å². The van der Waals surface area contributed by atoms with Crippen LogP contribution in [0.15, 0.2) is 91.0 Å². The number of halogens is 2. The Morgan fingerprint density at radius 3 is 1.21 bits per heavy atom. The van der Waals surface area contributed by atoms with Gasteiger partial charge in [-0.1, -0.05) is 60.7 Å². The van der Waals surface area contributed by atoms with E-state index in [-0.39, 0.29) is 87.4 Å². The number of esters is 8. The molecule has 0 radical (unpaired) electrons. The maximum Gasteiger partial charge on any atom is 0.303 e. The molecule has 2 saturated heterocycles. The van der Waals surface area contributed by atoms with Crippen LogP contribution in [0, 0.1) is 0 Å². The van der Waals surface area contributed by atoms with E-state index >= 15 is 4.79 Å². The molecule has 4 heterocycles. The minimum Gasteiger partial charge on any atom is -0.463 e. The van der Waals surface area contributed by atoms with Crippen molar-refractivity contribution in [2.75, 3.05) is 152 Å². The van der Waals surface area contributed by atoms with E-state index in [0.29, 0.717) is 147 Å². The smallest absolute Gasteiger partial charge is 0.303 e. The highest BCUT2D eigenvalue weighted by Gasteiger charge is 2.56. The number of fused-ring (bicyclic) bond motifs is 6. The van der Waals surface area contributed by atoms with Crippen molar-refractivity contribution in [1.29, 1.82) is 0 Å². The van der Waals surface area contributed by atoms with Crippen molar-refractivity contribution in [3.05, 3.63) is 113 Å². The van der Waals surface area contributed by atoms with Gasteiger partial charge in [-0.3, -0.25) is 57.5 Å². The molecule has 5 aromatic rings. The number of carbonyl (C=O) groups excluding carboxylic acids is 13. The molecular formula is C89H108Cl2N4O32. The van der Waals surface area contributed by atoms with E-state index < -0.39 is 152 Å². The summed E-state index contributed by atoms with van der Waals surface area (Å²) in [7, 11) is 0. The van der Waals surface area contributed by atoms with Crippen LogP contribution < -0.4 is 29.9 Å². The summed E-state index contributed by atoms with van der Waals surface area (Å²) in [4.78, 5) is 170. The van der Waals surface area contributed by atoms with Crippen molar-refractivity contribution in [2.24, 2.45) is 0 Å². The SMILES string of the molecule is CC(=O)OC[C@H]1O[C@@H](Oc2cc3c(c4ccccc24)[C@H](CCl)CN3C(=O)/C=C/c2ccc(/C=C/C(=O)N3C[C@@H](CCl)c4c3cc(O[C@@H]3O[C@H](COC(C)=O)[C@H](OC(C)=O)[C@H](OC(C)=O)[C@H]3OC(C)=O)c3ccccc43)c(NC(=O)CCOCCOCCOCCOCCOCCOCCOCCNC(=O)CCCCC=O)c2)[C@H](OC(C)=O)[C@@H](OC(C)=O)[C@H]1OC(C)=O. The fraction of sp³-hybridized carbons (Fsp3) is 0.517. The van der Waals surface area contributed by atoms with Gasteiger partial charge >= 0.3 is 47.8 Å². The van der Waals surface area contributed by atoms with Crippen LogP contribution >= 0.6 is 23.2 Å². The molecule has 127 heavy (non-hydrogen) atoms. The molecule has 12 atom stereocenters. The van der Waals surface area contributed by atoms with Gasteiger partial charge in [0.1, 0.15) is 43.2 Å². The second-order valence-electron chi connectivity index (χ2n) is 29.5. The predicted octanol–water partition coefficient (Wildman–Crippen LogP) is 8.00. The summed E-state index contributed by atoms with van der Waals surface area (Å²) in [6.07, 6.45) is -6.72. The molecule has 9 rings (SSSR count). The topological polar surface area (TPSA) is 428 Å². The number of nitrogens with zero attached hydrogens (tertiary/aromatic N) is 2. The Kier molecular flexibility index (Phi) is 40.4. The van der Waals surface area contributed by atoms with Gasteiger partial charge in [-0.25, -0.2) is 0 Å². The Balaban J connectivity index is 0.900. The largest absolute Gasteiger partial charge is 0.463 e. The van der Waals surface area contributed by atoms with Crippen LogP contribution in [0.5, 0.6) is 11.5 Å². The lowest BCUT2D eigenvalue weighted by Gasteiger charge is -2.44. The van der Waals surface area contributed by atoms with Gasteiger partial charge in [-0.15, -0.1) is 23.2 Å². The predicted molar refractivity (Wildman–Crippen MR) is 456 cm³/mol. The Labute approximate surface area is 743 Å². The zero-order valence-electron chi connectivity index (χ0n) is 71.9. The summed E-state index contributed by atoms with van der Waals surface area (Å²) in [6.45, 7) is 12.4. The van der Waals surface area contributed by atoms with Crippen molar-refractivity contribution in [2.45, 2.75) is 161 Å². The third-order valence-electron chi connectivity index (χ3n) is 20.0. The van der Waals surface area contributed by atoms with Gasteiger partial charge in [0, 0.05) is 152 Å². The summed E-state index contributed by atoms with van der Waals surface area (Å²) in [5.41, 5.74) is 3.05. The molecule has 0 unspecified atom stereocenters. The van der Waals surface area contributed by atoms with Crippen LogP contribution in [0.25, 0.3) is 33.7 Å². The molecule has 690 valence electrons. The lowest BCUT2D eigenvalue weighted by molar-refractivity contribution is -0.288. The summed E-state index contributed by atoms with van der Waals surface area (Å²) in [6, 6.07) is 22.2. The van der Waals surface area contributed by atoms with Crippen molar-refractivity contribution >= 4 is 152 Å². The fourth-order valence-corrected chi connectivity index (χ4v) is 15.1. The molecule has 4 aliphatic rings. The van der Waals surface area contributed by atoms with Crippen LogP contribution in [-0.2, 0) is 143 Å². The number of alkyl halides is 2. The van der Waals surface area contributed by atoms with Gasteiger partial charge in [0.05, 0.1) is 110 Å². The molecule has 5 aromatic carbocycles. The highest BCUT2D eigenvalue weighted by atomic mass is 35.5. The Hall–Kier alpha value is -10.8. The molecule has 4 amide bonds. The van der Waals surface area contributed by atoms with Crippen LogP contribution in [0.4, 0.5) is 17.1 Å². The molecular weight excluding hydrogens is 1710 g/mol. The number of aldehydes is 1. The molecule has 36 nitrogen and oxygen atoms in total. The van der Waals surface area contributed by atoms with Crippen LogP contribution in [0.3, 0.4) is 0 Å². The molecule has 0 saturated carbocycles. The number of ether oxygens (including phenoxy) is 19. The third kappa shape index (κ3) is 30.2. The van der Waals surface area contributed by atoms with Crippen molar-refractivity contribution in [3.63, 3.8) is 0 Å². The monoisotopic (exact) mass is 1810 g/mol. The number of anilines is 3. The second-order valence-corrected chi connectivity index (χ2v) is 30.2. The minimum absolute atomic E-state index is 0.0298. The summed E-state index contributed by atoms with van der Waals surface area (Å²) in [5.74, 6) is -8.75. The summed E-state index contributed by atoms with van der Waals surface area (Å²) in [5, 5.41) is 7.94. The van der Waals surface area contributed by atoms with Gasteiger partial charge in [0.2, 0.25) is 36.6 Å². The molecule has 2 fully saturated rings. The van der Waals surface area contributed by atoms with Crippen molar-refractivity contribution < 1.29 is 152 Å². The average molecular weight is 1820 g/mol. The number of nitrogens with one attached hydrogen (secondary N) is 2. The quantitative estimate of drug-likeness (QED) is 0.00929. The molecule has 38 heteroatoms. The summed E-state index contributed by atoms with van der Waals surface area (Å²) < 4.78 is 110. The average Bonchev–Trinajstić information content (AvgIpc) is 1.66. The van der Waals surface area contributed by atoms with E-state index in [1.54, 1.807) is 72.8 Å². The molecule has 0 spiro atoms. The normalized spacial score (nSPS) is 20.6. The first-order valence-electron chi connectivity index (χ1n) is 41.5. The Bertz CT molecular complexity index is 4700. The number of unbranched alkanes of at least 4 members (excludes halogenated alkanes) is 2. The number of hydrogen-bond acceptors (Lipinski definition) is 32. The first-order chi connectivity index (χ1) is 61.2. The molecule has 4 aliphatic heterocycles. The first-order valence-corrected chi connectivity index (χ1v) is 42.6. The van der Waals surface area contributed by atoms with Crippen molar-refractivity contribution in [1.82, 2.24) is 5.32 Å². The maximum absolute atomic E-state index is 15.0. The van der Waals surface area contributed by atoms with Gasteiger partial charge in [0.15, 0.2) is 24.4 Å². The Morgan fingerprint density at radius 1 is 0.425 bits per heavy atom. The highest BCUT2D eigenvalue weighted by Crippen LogP contribution is 2.49. The third-order valence-corrected chi connectivity index (χ3v) is 20.7. The van der Waals surface area contributed by atoms with E-state index in [1.165, 1.54) is 34.1 Å². The summed E-state index contributed by atoms with van der Waals surface area (Å²) >= 11 is 13.5. The van der Waals surface area contributed by atoms with Crippen molar-refractivity contribution in [3.8, 4) is 11.5 Å². The first kappa shape index (κ1) is 100.0. The number of rotatable bonds is 50. The standard InChI is InChI=1S/C89H108Cl2N4O32/c1-53(97)116-51-74-82(118-55(3)99)84(120-57(5)101)86(122-59(7)103)88(126-74)124-72-45-70-80(67-18-13-11-16-65(67)72)63(47-90)49-94(70)78(107)25-22-61-21-23-62(69(44-61)93-77(106)27-30-109-32-34-111-36-38-113-40-42-115-43-41-114-39-37-112-35-33-110-31-28-92-76(105)20-10-9-15-29-96)24-26-79(108)95-50-64(48-91)81-68-19-14-12-17-66(68)73(46-71(81)95)125-89-87(123-60(8)104)85(121-58(6)102)83(119-56(4)100)75(127-89)52-117-54(2)98/h11-14,16-19,21-26,29,44-46,63-64,74-75,82-89H,9-10,15,20,27-28,30-43,47-52H2,1-8H3,(H,92,105)(H,93,106)/b25-22+,26-24+/t63-,64-,74-,75-,82+,83+,84+,85+,86-,87-,88-,89-/m1/s1. The fourth-order valence-electron chi connectivity index (χ4n) is 14.6. The molecule has 0 aliphatic carbocycles. The molecule has 0 bridgehead atoms. The molecule has 2 N–H and O–H groups in total. The lowest BCUT2D eigenvalue weighted by Crippen LogP contribution is -2.63. The van der Waals surface area contributed by atoms with Crippen LogP contribution in [0.1, 0.15) is 122 Å². The number of hydrogen-bond donors (Lipinski definition) is 2.